The Balaban J connectivity index is 1.45. The molecule has 2 aromatic rings. The third-order valence-electron chi connectivity index (χ3n) is 8.89. The molecule has 1 saturated carbocycles. The molecule has 3 unspecified atom stereocenters. The summed E-state index contributed by atoms with van der Waals surface area (Å²) in [5.74, 6) is -3.08. The summed E-state index contributed by atoms with van der Waals surface area (Å²) in [7, 11) is -0.574. The van der Waals surface area contributed by atoms with Crippen LogP contribution in [0.2, 0.25) is 0 Å². The van der Waals surface area contributed by atoms with E-state index in [0.717, 1.165) is 22.2 Å². The number of aliphatic hydroxyl groups excluding tert-OH is 1. The minimum Gasteiger partial charge on any atom is -0.491 e. The van der Waals surface area contributed by atoms with Gasteiger partial charge in [0.2, 0.25) is 21.9 Å². The number of aromatic nitrogens is 2. The number of nitrogens with one attached hydrogen (secondary N) is 2. The van der Waals surface area contributed by atoms with Gasteiger partial charge in [0, 0.05) is 25.9 Å². The maximum Gasteiger partial charge on any atom is 0.423 e. The quantitative estimate of drug-likeness (QED) is 0.294. The first-order valence-electron chi connectivity index (χ1n) is 15.9. The van der Waals surface area contributed by atoms with Crippen LogP contribution in [0.3, 0.4) is 0 Å². The fourth-order valence-corrected chi connectivity index (χ4v) is 6.96. The number of alkyl halides is 3. The zero-order chi connectivity index (χ0) is 35.7. The highest BCUT2D eigenvalue weighted by atomic mass is 32.2. The van der Waals surface area contributed by atoms with Crippen LogP contribution in [0.15, 0.2) is 42.1 Å². The first-order chi connectivity index (χ1) is 23.1. The van der Waals surface area contributed by atoms with Crippen molar-refractivity contribution in [1.29, 1.82) is 0 Å². The van der Waals surface area contributed by atoms with Gasteiger partial charge in [-0.05, 0) is 56.8 Å². The van der Waals surface area contributed by atoms with Crippen molar-refractivity contribution >= 4 is 27.6 Å². The maximum atomic E-state index is 15.4. The van der Waals surface area contributed by atoms with Crippen LogP contribution < -0.4 is 20.1 Å². The van der Waals surface area contributed by atoms with Gasteiger partial charge >= 0.3 is 6.18 Å². The average molecular weight is 713 g/mol. The van der Waals surface area contributed by atoms with E-state index in [0.29, 0.717) is 38.5 Å². The molecule has 0 radical (unpaired) electrons. The number of allylic oxidation sites excluding steroid dienone is 3. The smallest absolute Gasteiger partial charge is 0.423 e. The van der Waals surface area contributed by atoms with E-state index in [4.69, 9.17) is 9.47 Å². The zero-order valence-corrected chi connectivity index (χ0v) is 28.3. The molecule has 3 N–H and O–H groups in total. The Morgan fingerprint density at radius 3 is 2.69 bits per heavy atom. The lowest BCUT2D eigenvalue weighted by Gasteiger charge is -2.34. The summed E-state index contributed by atoms with van der Waals surface area (Å²) < 4.78 is 95.8. The number of benzene rings is 1. The second-order valence-electron chi connectivity index (χ2n) is 12.6. The van der Waals surface area contributed by atoms with Gasteiger partial charge in [-0.2, -0.15) is 22.5 Å². The number of piperidine rings is 1. The monoisotopic (exact) mass is 712 g/mol. The molecular weight excluding hydrogens is 672 g/mol. The molecule has 5 rings (SSSR count). The van der Waals surface area contributed by atoms with Crippen LogP contribution >= 0.6 is 0 Å². The molecule has 1 saturated heterocycles. The molecule has 1 amide bonds. The number of fused-ring (bicyclic) bond motifs is 1. The average Bonchev–Trinajstić information content (AvgIpc) is 3.38. The number of likely N-dealkylation sites (tertiary alicyclic amines) is 1. The SMILES string of the molecule is CCCOc1cc(C(=O)NC2CCN(C)C[C@@H]2O)c(F)cc1Nc1ncc(C(F)(F)F)c(O[C@@H]2CC3CC=CC=C3C2N(C)S(C)(=O)=O)n1. The van der Waals surface area contributed by atoms with Gasteiger partial charge in [-0.1, -0.05) is 25.2 Å². The highest BCUT2D eigenvalue weighted by Gasteiger charge is 2.46. The number of likely N-dealkylation sites (N-methyl/N-ethyl adjacent to an activating group) is 2. The number of aliphatic hydroxyl groups is 1. The Bertz CT molecular complexity index is 1720. The lowest BCUT2D eigenvalue weighted by molar-refractivity contribution is -0.140. The normalized spacial score (nSPS) is 24.4. The van der Waals surface area contributed by atoms with E-state index in [-0.39, 0.29) is 41.9 Å². The van der Waals surface area contributed by atoms with Crippen LogP contribution in [0.4, 0.5) is 29.2 Å². The zero-order valence-electron chi connectivity index (χ0n) is 27.5. The number of amides is 1. The van der Waals surface area contributed by atoms with E-state index in [2.05, 4.69) is 20.6 Å². The van der Waals surface area contributed by atoms with E-state index in [9.17, 15) is 31.5 Å². The molecule has 268 valence electrons. The number of β-amino-alcohol motifs (C(OH)–C–C–N with tert-alkyl or cyclic N) is 1. The summed E-state index contributed by atoms with van der Waals surface area (Å²) in [5, 5.41) is 15.7. The van der Waals surface area contributed by atoms with Gasteiger partial charge in [0.05, 0.1) is 42.3 Å². The number of hydrogen-bond acceptors (Lipinski definition) is 10. The number of nitrogens with zero attached hydrogens (tertiary/aromatic N) is 4. The fraction of sp³-hybridized carbons (Fsp3) is 0.531. The number of hydrogen-bond donors (Lipinski definition) is 3. The van der Waals surface area contributed by atoms with Gasteiger partial charge in [0.1, 0.15) is 23.2 Å². The van der Waals surface area contributed by atoms with E-state index in [1.807, 2.05) is 24.9 Å². The molecule has 1 aliphatic heterocycles. The number of carbonyl (C=O) groups is 1. The molecule has 2 aliphatic carbocycles. The van der Waals surface area contributed by atoms with E-state index in [1.54, 1.807) is 12.2 Å². The van der Waals surface area contributed by atoms with Gasteiger partial charge in [-0.25, -0.2) is 17.8 Å². The summed E-state index contributed by atoms with van der Waals surface area (Å²) in [5.41, 5.74) is -0.973. The van der Waals surface area contributed by atoms with Gasteiger partial charge < -0.3 is 30.1 Å². The lowest BCUT2D eigenvalue weighted by Crippen LogP contribution is -2.53. The van der Waals surface area contributed by atoms with Crippen molar-refractivity contribution in [2.24, 2.45) is 5.92 Å². The van der Waals surface area contributed by atoms with Crippen molar-refractivity contribution in [2.45, 2.75) is 63.1 Å². The third-order valence-corrected chi connectivity index (χ3v) is 10.2. The predicted octanol–water partition coefficient (Wildman–Crippen LogP) is 3.88. The Kier molecular flexibility index (Phi) is 10.9. The molecule has 12 nitrogen and oxygen atoms in total. The standard InChI is InChI=1S/C32H40F4N6O6S/c1-5-12-47-26-14-20(29(44)38-23-10-11-41(2)17-25(23)43)22(33)15-24(26)39-31-37-16-21(32(34,35)36)30(40-31)48-27-13-18-8-6-7-9-19(18)28(27)42(3)49(4,45)46/h6-7,9,14-16,18,23,25,27-28,43H,5,8,10-13,17H2,1-4H3,(H,38,44)(H,37,39,40)/t18?,23?,25-,27+,28?/m0/s1. The second-order valence-corrected chi connectivity index (χ2v) is 14.6. The van der Waals surface area contributed by atoms with Crippen LogP contribution in [0.1, 0.15) is 48.5 Å². The van der Waals surface area contributed by atoms with Crippen LogP contribution in [0.5, 0.6) is 11.6 Å². The van der Waals surface area contributed by atoms with Gasteiger partial charge in [0.15, 0.2) is 0 Å². The molecule has 0 bridgehead atoms. The molecule has 1 aromatic carbocycles. The highest BCUT2D eigenvalue weighted by Crippen LogP contribution is 2.43. The Hall–Kier alpha value is -3.80. The number of ether oxygens (including phenoxy) is 2. The topological polar surface area (TPSA) is 146 Å². The fourth-order valence-electron chi connectivity index (χ4n) is 6.29. The molecule has 0 spiro atoms. The summed E-state index contributed by atoms with van der Waals surface area (Å²) in [6.07, 6.45) is 2.00. The van der Waals surface area contributed by atoms with Crippen molar-refractivity contribution in [3.8, 4) is 11.6 Å². The van der Waals surface area contributed by atoms with E-state index >= 15 is 4.39 Å². The molecule has 2 heterocycles. The van der Waals surface area contributed by atoms with Crippen LogP contribution in [-0.4, -0.2) is 103 Å². The van der Waals surface area contributed by atoms with E-state index in [1.165, 1.54) is 13.1 Å². The molecule has 1 aromatic heterocycles. The molecule has 17 heteroatoms. The number of sulfonamides is 1. The molecule has 49 heavy (non-hydrogen) atoms. The molecule has 5 atom stereocenters. The molecule has 3 aliphatic rings. The van der Waals surface area contributed by atoms with Gasteiger partial charge in [0.25, 0.3) is 5.91 Å². The maximum absolute atomic E-state index is 15.4. The molecule has 2 fully saturated rings. The predicted molar refractivity (Wildman–Crippen MR) is 173 cm³/mol. The summed E-state index contributed by atoms with van der Waals surface area (Å²) >= 11 is 0. The summed E-state index contributed by atoms with van der Waals surface area (Å²) in [4.78, 5) is 22.8. The Morgan fingerprint density at radius 1 is 1.27 bits per heavy atom. The van der Waals surface area contributed by atoms with Crippen molar-refractivity contribution in [3.63, 3.8) is 0 Å². The van der Waals surface area contributed by atoms with Crippen LogP contribution in [0, 0.1) is 11.7 Å². The second kappa shape index (κ2) is 14.6. The van der Waals surface area contributed by atoms with Crippen LogP contribution in [-0.2, 0) is 16.2 Å². The number of carbonyl (C=O) groups excluding carboxylic acids is 1. The summed E-state index contributed by atoms with van der Waals surface area (Å²) in [6, 6.07) is 0.645. The van der Waals surface area contributed by atoms with Crippen molar-refractivity contribution in [3.05, 3.63) is 59.1 Å². The van der Waals surface area contributed by atoms with Crippen molar-refractivity contribution < 1.29 is 45.4 Å². The van der Waals surface area contributed by atoms with Crippen molar-refractivity contribution in [2.75, 3.05) is 45.4 Å². The van der Waals surface area contributed by atoms with Gasteiger partial charge in [-0.3, -0.25) is 4.79 Å². The largest absolute Gasteiger partial charge is 0.491 e. The van der Waals surface area contributed by atoms with E-state index < -0.39 is 63.7 Å². The van der Waals surface area contributed by atoms with Crippen LogP contribution in [0.25, 0.3) is 0 Å². The first kappa shape index (κ1) is 36.5. The lowest BCUT2D eigenvalue weighted by atomic mass is 9.93. The number of halogens is 4. The number of anilines is 2. The highest BCUT2D eigenvalue weighted by molar-refractivity contribution is 7.88. The molecular formula is C32H40F4N6O6S. The minimum atomic E-state index is -4.92. The first-order valence-corrected chi connectivity index (χ1v) is 17.7. The summed E-state index contributed by atoms with van der Waals surface area (Å²) in [6.45, 7) is 2.96. The van der Waals surface area contributed by atoms with Crippen molar-refractivity contribution in [1.82, 2.24) is 24.5 Å². The Morgan fingerprint density at radius 2 is 2.02 bits per heavy atom. The van der Waals surface area contributed by atoms with Gasteiger partial charge in [-0.15, -0.1) is 0 Å². The Labute approximate surface area is 282 Å². The minimum absolute atomic E-state index is 0.0115. The third kappa shape index (κ3) is 8.33. The number of rotatable bonds is 11.